The first-order valence-electron chi connectivity index (χ1n) is 7.79. The van der Waals surface area contributed by atoms with Crippen LogP contribution in [0.5, 0.6) is 0 Å². The predicted octanol–water partition coefficient (Wildman–Crippen LogP) is 3.97. The lowest BCUT2D eigenvalue weighted by Crippen LogP contribution is -2.28. The molecule has 0 aliphatic carbocycles. The Balaban J connectivity index is 1.56. The summed E-state index contributed by atoms with van der Waals surface area (Å²) < 4.78 is 5.13. The first kappa shape index (κ1) is 17.0. The molecule has 4 nitrogen and oxygen atoms in total. The van der Waals surface area contributed by atoms with Crippen LogP contribution in [-0.4, -0.2) is 18.5 Å². The van der Waals surface area contributed by atoms with Crippen molar-refractivity contribution in [3.8, 4) is 0 Å². The summed E-state index contributed by atoms with van der Waals surface area (Å²) in [5, 5.41) is 5.09. The van der Waals surface area contributed by atoms with E-state index in [0.29, 0.717) is 17.1 Å². The van der Waals surface area contributed by atoms with E-state index in [1.54, 1.807) is 24.3 Å². The number of nitrogens with one attached hydrogen (secondary N) is 1. The standard InChI is InChI=1S/C20H16ClNO3/c21-16-10-8-14(9-11-16)12-22-19(23)13-25-20(24)18-7-3-5-15-4-1-2-6-17(15)18/h1-11H,12-13H2,(H,22,23). The van der Waals surface area contributed by atoms with Crippen molar-refractivity contribution >= 4 is 34.2 Å². The van der Waals surface area contributed by atoms with Crippen LogP contribution in [0.2, 0.25) is 5.02 Å². The molecule has 0 saturated heterocycles. The lowest BCUT2D eigenvalue weighted by Gasteiger charge is -2.08. The molecule has 0 saturated carbocycles. The summed E-state index contributed by atoms with van der Waals surface area (Å²) in [5.74, 6) is -0.873. The van der Waals surface area contributed by atoms with Gasteiger partial charge in [0.2, 0.25) is 0 Å². The minimum absolute atomic E-state index is 0.324. The maximum atomic E-state index is 12.3. The summed E-state index contributed by atoms with van der Waals surface area (Å²) in [5.41, 5.74) is 1.36. The maximum absolute atomic E-state index is 12.3. The molecule has 0 atom stereocenters. The number of halogens is 1. The van der Waals surface area contributed by atoms with Crippen molar-refractivity contribution in [2.45, 2.75) is 6.54 Å². The summed E-state index contributed by atoms with van der Waals surface area (Å²) >= 11 is 5.81. The molecule has 0 radical (unpaired) electrons. The molecule has 0 aromatic heterocycles. The van der Waals surface area contributed by atoms with E-state index in [1.165, 1.54) is 0 Å². The molecule has 25 heavy (non-hydrogen) atoms. The van der Waals surface area contributed by atoms with Gasteiger partial charge in [0.15, 0.2) is 6.61 Å². The van der Waals surface area contributed by atoms with E-state index < -0.39 is 5.97 Å². The van der Waals surface area contributed by atoms with Crippen LogP contribution in [0.3, 0.4) is 0 Å². The van der Waals surface area contributed by atoms with Gasteiger partial charge in [-0.05, 0) is 34.5 Å². The average Bonchev–Trinajstić information content (AvgIpc) is 2.65. The second-order valence-corrected chi connectivity index (χ2v) is 5.94. The summed E-state index contributed by atoms with van der Waals surface area (Å²) in [7, 11) is 0. The minimum atomic E-state index is -0.515. The third-order valence-corrected chi connectivity index (χ3v) is 4.00. The number of benzene rings is 3. The van der Waals surface area contributed by atoms with Gasteiger partial charge in [0.25, 0.3) is 5.91 Å². The predicted molar refractivity (Wildman–Crippen MR) is 97.5 cm³/mol. The molecule has 0 bridgehead atoms. The summed E-state index contributed by atoms with van der Waals surface area (Å²) in [6.07, 6.45) is 0. The zero-order valence-electron chi connectivity index (χ0n) is 13.4. The number of ether oxygens (including phenoxy) is 1. The third kappa shape index (κ3) is 4.37. The topological polar surface area (TPSA) is 55.4 Å². The van der Waals surface area contributed by atoms with Crippen molar-refractivity contribution < 1.29 is 14.3 Å². The van der Waals surface area contributed by atoms with E-state index in [9.17, 15) is 9.59 Å². The quantitative estimate of drug-likeness (QED) is 0.706. The molecule has 3 aromatic carbocycles. The third-order valence-electron chi connectivity index (χ3n) is 3.75. The fourth-order valence-electron chi connectivity index (χ4n) is 2.47. The van der Waals surface area contributed by atoms with Crippen LogP contribution in [0.25, 0.3) is 10.8 Å². The lowest BCUT2D eigenvalue weighted by molar-refractivity contribution is -0.124. The Morgan fingerprint density at radius 1 is 0.920 bits per heavy atom. The minimum Gasteiger partial charge on any atom is -0.452 e. The van der Waals surface area contributed by atoms with Gasteiger partial charge < -0.3 is 10.1 Å². The number of esters is 1. The summed E-state index contributed by atoms with van der Waals surface area (Å²) in [6.45, 7) is 0.0253. The van der Waals surface area contributed by atoms with Crippen LogP contribution in [0.1, 0.15) is 15.9 Å². The number of hydrogen-bond acceptors (Lipinski definition) is 3. The number of hydrogen-bond donors (Lipinski definition) is 1. The van der Waals surface area contributed by atoms with Crippen LogP contribution in [0, 0.1) is 0 Å². The molecule has 5 heteroatoms. The van der Waals surface area contributed by atoms with E-state index >= 15 is 0 Å². The number of carbonyl (C=O) groups is 2. The summed E-state index contributed by atoms with van der Waals surface area (Å²) in [6, 6.07) is 20.1. The van der Waals surface area contributed by atoms with E-state index in [-0.39, 0.29) is 12.5 Å². The molecule has 0 aliphatic heterocycles. The molecule has 126 valence electrons. The zero-order valence-corrected chi connectivity index (χ0v) is 14.1. The van der Waals surface area contributed by atoms with Crippen molar-refractivity contribution in [1.29, 1.82) is 0 Å². The molecule has 0 fully saturated rings. The number of amides is 1. The maximum Gasteiger partial charge on any atom is 0.339 e. The number of rotatable bonds is 5. The van der Waals surface area contributed by atoms with Crippen LogP contribution < -0.4 is 5.32 Å². The van der Waals surface area contributed by atoms with Crippen LogP contribution in [0.4, 0.5) is 0 Å². The van der Waals surface area contributed by atoms with E-state index in [1.807, 2.05) is 42.5 Å². The van der Waals surface area contributed by atoms with Crippen LogP contribution in [-0.2, 0) is 16.1 Å². The fraction of sp³-hybridized carbons (Fsp3) is 0.100. The molecule has 0 spiro atoms. The van der Waals surface area contributed by atoms with Crippen molar-refractivity contribution in [2.24, 2.45) is 0 Å². The number of fused-ring (bicyclic) bond motifs is 1. The van der Waals surface area contributed by atoms with Crippen molar-refractivity contribution in [2.75, 3.05) is 6.61 Å². The number of carbonyl (C=O) groups excluding carboxylic acids is 2. The monoisotopic (exact) mass is 353 g/mol. The normalized spacial score (nSPS) is 10.4. The van der Waals surface area contributed by atoms with Gasteiger partial charge in [-0.25, -0.2) is 4.79 Å². The smallest absolute Gasteiger partial charge is 0.339 e. The molecular formula is C20H16ClNO3. The van der Waals surface area contributed by atoms with Gasteiger partial charge in [0.1, 0.15) is 0 Å². The van der Waals surface area contributed by atoms with E-state index in [0.717, 1.165) is 16.3 Å². The molecule has 1 N–H and O–H groups in total. The van der Waals surface area contributed by atoms with Gasteiger partial charge in [0.05, 0.1) is 5.56 Å². The highest BCUT2D eigenvalue weighted by Crippen LogP contribution is 2.19. The van der Waals surface area contributed by atoms with Crippen molar-refractivity contribution in [1.82, 2.24) is 5.32 Å². The average molecular weight is 354 g/mol. The molecule has 0 heterocycles. The second-order valence-electron chi connectivity index (χ2n) is 5.51. The SMILES string of the molecule is O=C(COC(=O)c1cccc2ccccc12)NCc1ccc(Cl)cc1. The van der Waals surface area contributed by atoms with Gasteiger partial charge in [-0.2, -0.15) is 0 Å². The van der Waals surface area contributed by atoms with Gasteiger partial charge in [-0.15, -0.1) is 0 Å². The Hall–Kier alpha value is -2.85. The summed E-state index contributed by atoms with van der Waals surface area (Å²) in [4.78, 5) is 24.1. The van der Waals surface area contributed by atoms with Gasteiger partial charge >= 0.3 is 5.97 Å². The first-order valence-corrected chi connectivity index (χ1v) is 8.17. The van der Waals surface area contributed by atoms with E-state index in [4.69, 9.17) is 16.3 Å². The van der Waals surface area contributed by atoms with Crippen molar-refractivity contribution in [3.63, 3.8) is 0 Å². The molecule has 3 aromatic rings. The molecule has 3 rings (SSSR count). The highest BCUT2D eigenvalue weighted by Gasteiger charge is 2.13. The first-order chi connectivity index (χ1) is 12.1. The molecule has 0 unspecified atom stereocenters. The Morgan fingerprint density at radius 2 is 1.64 bits per heavy atom. The molecular weight excluding hydrogens is 338 g/mol. The highest BCUT2D eigenvalue weighted by atomic mass is 35.5. The van der Waals surface area contributed by atoms with E-state index in [2.05, 4.69) is 5.32 Å². The van der Waals surface area contributed by atoms with Crippen LogP contribution in [0.15, 0.2) is 66.7 Å². The Kier molecular flexibility index (Phi) is 5.31. The van der Waals surface area contributed by atoms with Crippen molar-refractivity contribution in [3.05, 3.63) is 82.9 Å². The van der Waals surface area contributed by atoms with Crippen LogP contribution >= 0.6 is 11.6 Å². The molecule has 0 aliphatic rings. The van der Waals surface area contributed by atoms with Gasteiger partial charge in [-0.3, -0.25) is 4.79 Å². The Labute approximate surface area is 150 Å². The second kappa shape index (κ2) is 7.81. The Morgan fingerprint density at radius 3 is 2.44 bits per heavy atom. The largest absolute Gasteiger partial charge is 0.452 e. The van der Waals surface area contributed by atoms with Gasteiger partial charge in [-0.1, -0.05) is 60.1 Å². The zero-order chi connectivity index (χ0) is 17.6. The lowest BCUT2D eigenvalue weighted by atomic mass is 10.1. The highest BCUT2D eigenvalue weighted by molar-refractivity contribution is 6.30. The molecule has 1 amide bonds. The Bertz CT molecular complexity index is 901. The fourth-order valence-corrected chi connectivity index (χ4v) is 2.59. The van der Waals surface area contributed by atoms with Gasteiger partial charge in [0, 0.05) is 11.6 Å².